The van der Waals surface area contributed by atoms with Gasteiger partial charge in [-0.3, -0.25) is 13.9 Å². The zero-order valence-corrected chi connectivity index (χ0v) is 21.9. The van der Waals surface area contributed by atoms with Crippen molar-refractivity contribution in [1.82, 2.24) is 10.2 Å². The van der Waals surface area contributed by atoms with Crippen molar-refractivity contribution >= 4 is 27.5 Å². The second-order valence-corrected chi connectivity index (χ2v) is 11.2. The number of amides is 2. The van der Waals surface area contributed by atoms with Crippen molar-refractivity contribution in [2.75, 3.05) is 24.2 Å². The molecule has 0 aromatic heterocycles. The molecule has 2 aromatic carbocycles. The number of sulfonamides is 1. The van der Waals surface area contributed by atoms with E-state index in [2.05, 4.69) is 5.32 Å². The van der Waals surface area contributed by atoms with E-state index in [0.717, 1.165) is 28.3 Å². The molecule has 1 atom stereocenters. The van der Waals surface area contributed by atoms with E-state index in [1.807, 2.05) is 20.8 Å². The number of hydrogen-bond acceptors (Lipinski definition) is 5. The minimum absolute atomic E-state index is 0.0833. The molecule has 35 heavy (non-hydrogen) atoms. The van der Waals surface area contributed by atoms with Crippen LogP contribution in [0.15, 0.2) is 48.5 Å². The van der Waals surface area contributed by atoms with Gasteiger partial charge < -0.3 is 15.0 Å². The van der Waals surface area contributed by atoms with Crippen LogP contribution >= 0.6 is 0 Å². The number of nitrogens with zero attached hydrogens (tertiary/aromatic N) is 2. The standard InChI is InChI=1S/C25H34FN3O5S/c1-7-22(24(31)27-25(2,3)4)28(16-18-8-14-21(34-5)15-9-18)23(30)17-29(35(6,32)33)20-12-10-19(26)11-13-20/h8-15,22H,7,16-17H2,1-6H3,(H,27,31). The van der Waals surface area contributed by atoms with Crippen LogP contribution < -0.4 is 14.4 Å². The first-order chi connectivity index (χ1) is 16.2. The molecule has 0 saturated carbocycles. The molecule has 10 heteroatoms. The molecule has 2 aromatic rings. The Hall–Kier alpha value is -3.14. The van der Waals surface area contributed by atoms with Crippen molar-refractivity contribution in [2.45, 2.75) is 52.2 Å². The SMILES string of the molecule is CCC(C(=O)NC(C)(C)C)N(Cc1ccc(OC)cc1)C(=O)CN(c1ccc(F)cc1)S(C)(=O)=O. The zero-order chi connectivity index (χ0) is 26.4. The lowest BCUT2D eigenvalue weighted by Gasteiger charge is -2.34. The number of ether oxygens (including phenoxy) is 1. The highest BCUT2D eigenvalue weighted by Crippen LogP contribution is 2.21. The molecular formula is C25H34FN3O5S. The van der Waals surface area contributed by atoms with Crippen molar-refractivity contribution in [3.63, 3.8) is 0 Å². The molecule has 0 heterocycles. The lowest BCUT2D eigenvalue weighted by molar-refractivity contribution is -0.141. The molecule has 1 unspecified atom stereocenters. The van der Waals surface area contributed by atoms with Gasteiger partial charge in [-0.1, -0.05) is 19.1 Å². The van der Waals surface area contributed by atoms with E-state index >= 15 is 0 Å². The third-order valence-corrected chi connectivity index (χ3v) is 6.33. The minimum atomic E-state index is -3.88. The third kappa shape index (κ3) is 8.24. The number of benzene rings is 2. The molecule has 0 saturated heterocycles. The largest absolute Gasteiger partial charge is 0.497 e. The molecule has 0 aliphatic heterocycles. The van der Waals surface area contributed by atoms with E-state index < -0.39 is 39.9 Å². The number of rotatable bonds is 10. The predicted octanol–water partition coefficient (Wildman–Crippen LogP) is 3.32. The fraction of sp³-hybridized carbons (Fsp3) is 0.440. The number of nitrogens with one attached hydrogen (secondary N) is 1. The first kappa shape index (κ1) is 28.1. The Balaban J connectivity index is 2.44. The molecular weight excluding hydrogens is 473 g/mol. The topological polar surface area (TPSA) is 96.0 Å². The van der Waals surface area contributed by atoms with E-state index in [1.165, 1.54) is 17.0 Å². The summed E-state index contributed by atoms with van der Waals surface area (Å²) in [7, 11) is -2.33. The average Bonchev–Trinajstić information content (AvgIpc) is 2.76. The number of halogens is 1. The van der Waals surface area contributed by atoms with Gasteiger partial charge in [0.1, 0.15) is 24.2 Å². The number of hydrogen-bond donors (Lipinski definition) is 1. The summed E-state index contributed by atoms with van der Waals surface area (Å²) >= 11 is 0. The van der Waals surface area contributed by atoms with E-state index in [-0.39, 0.29) is 18.1 Å². The summed E-state index contributed by atoms with van der Waals surface area (Å²) < 4.78 is 44.6. The van der Waals surface area contributed by atoms with Gasteiger partial charge >= 0.3 is 0 Å². The summed E-state index contributed by atoms with van der Waals surface area (Å²) in [5.41, 5.74) is 0.374. The monoisotopic (exact) mass is 507 g/mol. The molecule has 8 nitrogen and oxygen atoms in total. The second-order valence-electron chi connectivity index (χ2n) is 9.28. The van der Waals surface area contributed by atoms with Crippen LogP contribution in [0.4, 0.5) is 10.1 Å². The van der Waals surface area contributed by atoms with E-state index in [1.54, 1.807) is 38.3 Å². The smallest absolute Gasteiger partial charge is 0.244 e. The minimum Gasteiger partial charge on any atom is -0.497 e. The Morgan fingerprint density at radius 2 is 1.63 bits per heavy atom. The molecule has 0 spiro atoms. The van der Waals surface area contributed by atoms with Crippen molar-refractivity contribution in [1.29, 1.82) is 0 Å². The molecule has 192 valence electrons. The molecule has 0 fully saturated rings. The molecule has 2 rings (SSSR count). The van der Waals surface area contributed by atoms with E-state index in [9.17, 15) is 22.4 Å². The maximum Gasteiger partial charge on any atom is 0.244 e. The van der Waals surface area contributed by atoms with Gasteiger partial charge in [-0.2, -0.15) is 0 Å². The van der Waals surface area contributed by atoms with Gasteiger partial charge in [-0.25, -0.2) is 12.8 Å². The third-order valence-electron chi connectivity index (χ3n) is 5.19. The van der Waals surface area contributed by atoms with Crippen molar-refractivity contribution < 1.29 is 27.1 Å². The fourth-order valence-corrected chi connectivity index (χ4v) is 4.37. The van der Waals surface area contributed by atoms with Gasteiger partial charge in [-0.05, 0) is 69.2 Å². The van der Waals surface area contributed by atoms with Gasteiger partial charge in [0.15, 0.2) is 0 Å². The van der Waals surface area contributed by atoms with E-state index in [0.29, 0.717) is 12.2 Å². The number of carbonyl (C=O) groups excluding carboxylic acids is 2. The summed E-state index contributed by atoms with van der Waals surface area (Å²) in [5.74, 6) is -0.788. The maximum atomic E-state index is 13.6. The highest BCUT2D eigenvalue weighted by molar-refractivity contribution is 7.92. The number of anilines is 1. The Morgan fingerprint density at radius 1 is 1.06 bits per heavy atom. The van der Waals surface area contributed by atoms with Gasteiger partial charge in [0.2, 0.25) is 21.8 Å². The Labute approximate surface area is 207 Å². The van der Waals surface area contributed by atoms with Gasteiger partial charge in [0.05, 0.1) is 19.1 Å². The summed E-state index contributed by atoms with van der Waals surface area (Å²) in [4.78, 5) is 28.1. The van der Waals surface area contributed by atoms with Crippen LogP contribution in [-0.4, -0.2) is 56.6 Å². The highest BCUT2D eigenvalue weighted by atomic mass is 32.2. The van der Waals surface area contributed by atoms with Crippen LogP contribution in [0.5, 0.6) is 5.75 Å². The first-order valence-corrected chi connectivity index (χ1v) is 13.1. The highest BCUT2D eigenvalue weighted by Gasteiger charge is 2.33. The average molecular weight is 508 g/mol. The van der Waals surface area contributed by atoms with Crippen LogP contribution in [0.25, 0.3) is 0 Å². The van der Waals surface area contributed by atoms with Crippen LogP contribution in [0.3, 0.4) is 0 Å². The molecule has 0 bridgehead atoms. The van der Waals surface area contributed by atoms with Crippen LogP contribution in [-0.2, 0) is 26.2 Å². The van der Waals surface area contributed by atoms with Gasteiger partial charge in [0.25, 0.3) is 0 Å². The molecule has 0 aliphatic carbocycles. The fourth-order valence-electron chi connectivity index (χ4n) is 3.52. The summed E-state index contributed by atoms with van der Waals surface area (Å²) in [6, 6.07) is 11.0. The summed E-state index contributed by atoms with van der Waals surface area (Å²) in [6.45, 7) is 6.85. The number of carbonyl (C=O) groups is 2. The van der Waals surface area contributed by atoms with Crippen LogP contribution in [0.1, 0.15) is 39.7 Å². The van der Waals surface area contributed by atoms with E-state index in [4.69, 9.17) is 4.74 Å². The van der Waals surface area contributed by atoms with Crippen molar-refractivity contribution in [3.05, 3.63) is 59.9 Å². The van der Waals surface area contributed by atoms with Gasteiger partial charge in [0, 0.05) is 12.1 Å². The molecule has 0 radical (unpaired) electrons. The lowest BCUT2D eigenvalue weighted by Crippen LogP contribution is -2.55. The predicted molar refractivity (Wildman–Crippen MR) is 134 cm³/mol. The van der Waals surface area contributed by atoms with Gasteiger partial charge in [-0.15, -0.1) is 0 Å². The summed E-state index contributed by atoms with van der Waals surface area (Å²) in [5, 5.41) is 2.90. The molecule has 2 amide bonds. The van der Waals surface area contributed by atoms with Crippen LogP contribution in [0.2, 0.25) is 0 Å². The quantitative estimate of drug-likeness (QED) is 0.532. The molecule has 1 N–H and O–H groups in total. The maximum absolute atomic E-state index is 13.6. The molecule has 0 aliphatic rings. The van der Waals surface area contributed by atoms with Crippen molar-refractivity contribution in [2.24, 2.45) is 0 Å². The normalized spacial score (nSPS) is 12.5. The second kappa shape index (κ2) is 11.5. The summed E-state index contributed by atoms with van der Waals surface area (Å²) in [6.07, 6.45) is 1.29. The van der Waals surface area contributed by atoms with Crippen molar-refractivity contribution in [3.8, 4) is 5.75 Å². The number of methoxy groups -OCH3 is 1. The Kier molecular flexibility index (Phi) is 9.25. The first-order valence-electron chi connectivity index (χ1n) is 11.2. The Morgan fingerprint density at radius 3 is 2.09 bits per heavy atom. The van der Waals surface area contributed by atoms with Crippen LogP contribution in [0, 0.1) is 5.82 Å². The zero-order valence-electron chi connectivity index (χ0n) is 21.0. The lowest BCUT2D eigenvalue weighted by atomic mass is 10.1. The Bertz CT molecular complexity index is 1110.